The van der Waals surface area contributed by atoms with Gasteiger partial charge in [-0.2, -0.15) is 0 Å². The Bertz CT molecular complexity index is 1170. The molecule has 2 aliphatic rings. The minimum Gasteiger partial charge on any atom is -0.493 e. The van der Waals surface area contributed by atoms with Crippen molar-refractivity contribution in [3.8, 4) is 5.75 Å². The molecule has 1 fully saturated rings. The van der Waals surface area contributed by atoms with Gasteiger partial charge < -0.3 is 9.47 Å². The van der Waals surface area contributed by atoms with Crippen molar-refractivity contribution in [2.24, 2.45) is 5.92 Å². The van der Waals surface area contributed by atoms with E-state index in [2.05, 4.69) is 13.0 Å². The molecule has 184 valence electrons. The first-order valence-corrected chi connectivity index (χ1v) is 13.6. The third kappa shape index (κ3) is 4.86. The van der Waals surface area contributed by atoms with E-state index in [9.17, 15) is 13.2 Å². The minimum absolute atomic E-state index is 0.108. The van der Waals surface area contributed by atoms with Crippen LogP contribution in [0.5, 0.6) is 5.75 Å². The molecule has 0 unspecified atom stereocenters. The van der Waals surface area contributed by atoms with Crippen molar-refractivity contribution in [1.82, 2.24) is 0 Å². The molecule has 6 nitrogen and oxygen atoms in total. The van der Waals surface area contributed by atoms with Crippen molar-refractivity contribution in [3.05, 3.63) is 53.1 Å². The summed E-state index contributed by atoms with van der Waals surface area (Å²) in [5, 5.41) is 0. The average Bonchev–Trinajstić information content (AvgIpc) is 2.82. The Morgan fingerprint density at radius 2 is 1.88 bits per heavy atom. The largest absolute Gasteiger partial charge is 0.493 e. The molecule has 34 heavy (non-hydrogen) atoms. The fourth-order valence-corrected chi connectivity index (χ4v) is 6.77. The summed E-state index contributed by atoms with van der Waals surface area (Å²) in [6, 6.07) is 10.7. The van der Waals surface area contributed by atoms with Crippen LogP contribution in [0, 0.1) is 5.92 Å². The lowest BCUT2D eigenvalue weighted by atomic mass is 9.88. The van der Waals surface area contributed by atoms with E-state index in [1.54, 1.807) is 16.4 Å². The molecule has 0 amide bonds. The molecule has 0 bridgehead atoms. The van der Waals surface area contributed by atoms with Gasteiger partial charge in [0.1, 0.15) is 5.75 Å². The molecule has 0 radical (unpaired) electrons. The lowest BCUT2D eigenvalue weighted by Gasteiger charge is -2.44. The number of sulfonamides is 1. The monoisotopic (exact) mass is 485 g/mol. The van der Waals surface area contributed by atoms with Gasteiger partial charge in [-0.3, -0.25) is 9.10 Å². The highest BCUT2D eigenvalue weighted by Crippen LogP contribution is 2.41. The summed E-state index contributed by atoms with van der Waals surface area (Å²) in [6.45, 7) is 9.38. The molecule has 0 atom stereocenters. The molecule has 4 rings (SSSR count). The van der Waals surface area contributed by atoms with Crippen LogP contribution in [-0.4, -0.2) is 39.6 Å². The molecule has 2 aromatic rings. The van der Waals surface area contributed by atoms with Gasteiger partial charge in [0.25, 0.3) is 10.0 Å². The van der Waals surface area contributed by atoms with E-state index < -0.39 is 15.6 Å². The number of nitrogens with zero attached hydrogens (tertiary/aromatic N) is 1. The molecular formula is C27H35NO5S. The fourth-order valence-electron chi connectivity index (χ4n) is 4.88. The third-order valence-electron chi connectivity index (χ3n) is 7.01. The Kier molecular flexibility index (Phi) is 7.06. The molecule has 7 heteroatoms. The lowest BCUT2D eigenvalue weighted by molar-refractivity contribution is 0.0495. The van der Waals surface area contributed by atoms with E-state index >= 15 is 0 Å². The molecule has 0 N–H and O–H groups in total. The fraction of sp³-hybridized carbons (Fsp3) is 0.519. The number of aryl methyl sites for hydroxylation is 2. The number of ether oxygens (including phenoxy) is 2. The van der Waals surface area contributed by atoms with Gasteiger partial charge in [0, 0.05) is 13.2 Å². The molecule has 0 aromatic heterocycles. The Labute approximate surface area is 203 Å². The Morgan fingerprint density at radius 1 is 1.15 bits per heavy atom. The SMILES string of the molecule is CCc1ccc2c(c1)CCC(C)(C)N2S(=O)(=O)c1ccc(OCC2CCOCC2)c(C(C)=O)c1. The zero-order valence-corrected chi connectivity index (χ0v) is 21.4. The van der Waals surface area contributed by atoms with Gasteiger partial charge in [-0.1, -0.05) is 19.1 Å². The van der Waals surface area contributed by atoms with Crippen LogP contribution < -0.4 is 9.04 Å². The van der Waals surface area contributed by atoms with Crippen LogP contribution in [0.4, 0.5) is 5.69 Å². The molecule has 0 saturated carbocycles. The first-order valence-electron chi connectivity index (χ1n) is 12.2. The van der Waals surface area contributed by atoms with E-state index in [-0.39, 0.29) is 10.7 Å². The summed E-state index contributed by atoms with van der Waals surface area (Å²) in [5.41, 5.74) is 2.67. The predicted molar refractivity (Wildman–Crippen MR) is 133 cm³/mol. The van der Waals surface area contributed by atoms with Crippen molar-refractivity contribution in [3.63, 3.8) is 0 Å². The van der Waals surface area contributed by atoms with Gasteiger partial charge in [-0.25, -0.2) is 8.42 Å². The molecule has 2 aliphatic heterocycles. The predicted octanol–water partition coefficient (Wildman–Crippen LogP) is 5.18. The van der Waals surface area contributed by atoms with Crippen molar-refractivity contribution < 1.29 is 22.7 Å². The first kappa shape index (κ1) is 24.7. The van der Waals surface area contributed by atoms with Gasteiger partial charge in [-0.15, -0.1) is 0 Å². The zero-order valence-electron chi connectivity index (χ0n) is 20.6. The second kappa shape index (κ2) is 9.70. The quantitative estimate of drug-likeness (QED) is 0.506. The maximum atomic E-state index is 14.0. The van der Waals surface area contributed by atoms with E-state index in [0.29, 0.717) is 23.8 Å². The summed E-state index contributed by atoms with van der Waals surface area (Å²) >= 11 is 0. The Morgan fingerprint density at radius 3 is 2.56 bits per heavy atom. The Hall–Kier alpha value is -2.38. The van der Waals surface area contributed by atoms with Crippen LogP contribution in [0.3, 0.4) is 0 Å². The summed E-state index contributed by atoms with van der Waals surface area (Å²) < 4.78 is 40.9. The number of Topliss-reactive ketones (excluding diaryl/α,β-unsaturated/α-hetero) is 1. The van der Waals surface area contributed by atoms with Gasteiger partial charge >= 0.3 is 0 Å². The van der Waals surface area contributed by atoms with Crippen molar-refractivity contribution in [2.45, 2.75) is 70.2 Å². The summed E-state index contributed by atoms with van der Waals surface area (Å²) in [5.74, 6) is 0.587. The summed E-state index contributed by atoms with van der Waals surface area (Å²) in [7, 11) is -3.90. The van der Waals surface area contributed by atoms with E-state index in [0.717, 1.165) is 56.6 Å². The highest BCUT2D eigenvalue weighted by atomic mass is 32.2. The molecule has 0 spiro atoms. The summed E-state index contributed by atoms with van der Waals surface area (Å²) in [4.78, 5) is 12.6. The zero-order chi connectivity index (χ0) is 24.5. The van der Waals surface area contributed by atoms with Crippen LogP contribution >= 0.6 is 0 Å². The number of carbonyl (C=O) groups excluding carboxylic acids is 1. The van der Waals surface area contributed by atoms with Crippen molar-refractivity contribution >= 4 is 21.5 Å². The highest BCUT2D eigenvalue weighted by Gasteiger charge is 2.41. The highest BCUT2D eigenvalue weighted by molar-refractivity contribution is 7.93. The number of rotatable bonds is 7. The van der Waals surface area contributed by atoms with Gasteiger partial charge in [0.2, 0.25) is 0 Å². The van der Waals surface area contributed by atoms with Crippen LogP contribution in [0.2, 0.25) is 0 Å². The van der Waals surface area contributed by atoms with Crippen molar-refractivity contribution in [1.29, 1.82) is 0 Å². The van der Waals surface area contributed by atoms with E-state index in [1.807, 2.05) is 26.0 Å². The number of benzene rings is 2. The topological polar surface area (TPSA) is 72.9 Å². The van der Waals surface area contributed by atoms with Crippen LogP contribution in [0.1, 0.15) is 68.4 Å². The van der Waals surface area contributed by atoms with Crippen LogP contribution in [-0.2, 0) is 27.6 Å². The molecule has 2 aromatic carbocycles. The lowest BCUT2D eigenvalue weighted by Crippen LogP contribution is -2.50. The van der Waals surface area contributed by atoms with Crippen molar-refractivity contribution in [2.75, 3.05) is 24.1 Å². The molecule has 0 aliphatic carbocycles. The van der Waals surface area contributed by atoms with Crippen LogP contribution in [0.15, 0.2) is 41.3 Å². The molecular weight excluding hydrogens is 450 g/mol. The summed E-state index contributed by atoms with van der Waals surface area (Å²) in [6.07, 6.45) is 4.30. The number of hydrogen-bond acceptors (Lipinski definition) is 5. The number of ketones is 1. The van der Waals surface area contributed by atoms with Gasteiger partial charge in [0.15, 0.2) is 5.78 Å². The number of hydrogen-bond donors (Lipinski definition) is 0. The minimum atomic E-state index is -3.90. The molecule has 1 saturated heterocycles. The number of fused-ring (bicyclic) bond motifs is 1. The van der Waals surface area contributed by atoms with E-state index in [4.69, 9.17) is 9.47 Å². The molecule has 2 heterocycles. The standard InChI is InChI=1S/C27H35NO5S/c1-5-20-6-8-25-22(16-20)10-13-27(3,4)28(25)34(30,31)23-7-9-26(24(17-23)19(2)29)33-18-21-11-14-32-15-12-21/h6-9,16-17,21H,5,10-15,18H2,1-4H3. The van der Waals surface area contributed by atoms with Gasteiger partial charge in [0.05, 0.1) is 28.3 Å². The number of anilines is 1. The first-order chi connectivity index (χ1) is 16.1. The average molecular weight is 486 g/mol. The maximum absolute atomic E-state index is 14.0. The number of carbonyl (C=O) groups is 1. The second-order valence-electron chi connectivity index (χ2n) is 9.98. The normalized spacial score (nSPS) is 18.4. The smallest absolute Gasteiger partial charge is 0.264 e. The Balaban J connectivity index is 1.69. The van der Waals surface area contributed by atoms with Gasteiger partial charge in [-0.05, 0) is 94.2 Å². The second-order valence-corrected chi connectivity index (χ2v) is 11.8. The third-order valence-corrected chi connectivity index (χ3v) is 9.03. The maximum Gasteiger partial charge on any atom is 0.264 e. The van der Waals surface area contributed by atoms with E-state index in [1.165, 1.54) is 18.6 Å². The van der Waals surface area contributed by atoms with Crippen LogP contribution in [0.25, 0.3) is 0 Å².